The molecule has 106 valence electrons. The molecule has 0 saturated carbocycles. The van der Waals surface area contributed by atoms with Crippen LogP contribution >= 0.6 is 0 Å². The largest absolute Gasteiger partial charge is 0.368 e. The Bertz CT molecular complexity index is 543. The predicted molar refractivity (Wildman–Crippen MR) is 75.7 cm³/mol. The van der Waals surface area contributed by atoms with E-state index in [0.29, 0.717) is 17.5 Å². The number of nitrogens with zero attached hydrogens (tertiary/aromatic N) is 1. The molecule has 0 heterocycles. The summed E-state index contributed by atoms with van der Waals surface area (Å²) in [5.41, 5.74) is 5.26. The molecular weight excluding hydrogens is 254 g/mol. The molecule has 5 heteroatoms. The van der Waals surface area contributed by atoms with Gasteiger partial charge in [-0.1, -0.05) is 20.8 Å². The molecule has 0 spiro atoms. The number of benzene rings is 1. The van der Waals surface area contributed by atoms with E-state index < -0.39 is 11.4 Å². The second kappa shape index (κ2) is 6.20. The molecule has 1 aromatic rings. The monoisotopic (exact) mass is 273 g/mol. The van der Waals surface area contributed by atoms with Crippen LogP contribution in [0.15, 0.2) is 24.3 Å². The number of hydrogen-bond acceptors (Lipinski definition) is 3. The SMILES string of the molecule is CCC(NC(=O)c1ccc(C#N)cc1)(C(N)=O)C(C)C. The predicted octanol–water partition coefficient (Wildman–Crippen LogP) is 1.58. The Hall–Kier alpha value is -2.35. The zero-order valence-electron chi connectivity index (χ0n) is 11.9. The van der Waals surface area contributed by atoms with Crippen molar-refractivity contribution < 1.29 is 9.59 Å². The molecule has 2 amide bonds. The van der Waals surface area contributed by atoms with E-state index in [0.717, 1.165) is 0 Å². The Balaban J connectivity index is 3.02. The van der Waals surface area contributed by atoms with Crippen molar-refractivity contribution in [3.63, 3.8) is 0 Å². The summed E-state index contributed by atoms with van der Waals surface area (Å²) in [6.07, 6.45) is 0.419. The molecule has 1 atom stereocenters. The summed E-state index contributed by atoms with van der Waals surface area (Å²) in [6.45, 7) is 5.49. The number of rotatable bonds is 5. The summed E-state index contributed by atoms with van der Waals surface area (Å²) in [7, 11) is 0. The van der Waals surface area contributed by atoms with Gasteiger partial charge in [0.05, 0.1) is 11.6 Å². The van der Waals surface area contributed by atoms with E-state index >= 15 is 0 Å². The standard InChI is InChI=1S/C15H19N3O2/c1-4-15(10(2)3,14(17)20)18-13(19)12-7-5-11(9-16)6-8-12/h5-8,10H,4H2,1-3H3,(H2,17,20)(H,18,19). The van der Waals surface area contributed by atoms with Crippen LogP contribution < -0.4 is 11.1 Å². The van der Waals surface area contributed by atoms with Crippen LogP contribution in [0.5, 0.6) is 0 Å². The van der Waals surface area contributed by atoms with Crippen molar-refractivity contribution in [3.8, 4) is 6.07 Å². The normalized spacial score (nSPS) is 13.3. The van der Waals surface area contributed by atoms with Crippen molar-refractivity contribution in [2.24, 2.45) is 11.7 Å². The summed E-state index contributed by atoms with van der Waals surface area (Å²) in [5.74, 6) is -1.03. The molecule has 1 unspecified atom stereocenters. The molecule has 1 rings (SSSR count). The number of primary amides is 1. The van der Waals surface area contributed by atoms with Gasteiger partial charge in [-0.3, -0.25) is 9.59 Å². The van der Waals surface area contributed by atoms with Gasteiger partial charge >= 0.3 is 0 Å². The minimum absolute atomic E-state index is 0.118. The molecule has 20 heavy (non-hydrogen) atoms. The summed E-state index contributed by atoms with van der Waals surface area (Å²) in [4.78, 5) is 24.0. The third kappa shape index (κ3) is 2.97. The van der Waals surface area contributed by atoms with Crippen molar-refractivity contribution in [1.29, 1.82) is 5.26 Å². The van der Waals surface area contributed by atoms with Gasteiger partial charge < -0.3 is 11.1 Å². The second-order valence-electron chi connectivity index (χ2n) is 4.99. The number of carbonyl (C=O) groups excluding carboxylic acids is 2. The number of carbonyl (C=O) groups is 2. The number of hydrogen-bond donors (Lipinski definition) is 2. The first kappa shape index (κ1) is 15.7. The van der Waals surface area contributed by atoms with Gasteiger partial charge in [0.15, 0.2) is 0 Å². The minimum atomic E-state index is -1.06. The lowest BCUT2D eigenvalue weighted by atomic mass is 9.82. The lowest BCUT2D eigenvalue weighted by Crippen LogP contribution is -2.60. The molecule has 3 N–H and O–H groups in total. The number of amides is 2. The molecular formula is C15H19N3O2. The van der Waals surface area contributed by atoms with Gasteiger partial charge in [-0.2, -0.15) is 5.26 Å². The maximum atomic E-state index is 12.2. The fraction of sp³-hybridized carbons (Fsp3) is 0.400. The van der Waals surface area contributed by atoms with Crippen LogP contribution in [0.1, 0.15) is 43.1 Å². The highest BCUT2D eigenvalue weighted by atomic mass is 16.2. The Morgan fingerprint density at radius 3 is 2.25 bits per heavy atom. The Kier molecular flexibility index (Phi) is 4.87. The Morgan fingerprint density at radius 2 is 1.90 bits per heavy atom. The molecule has 0 bridgehead atoms. The van der Waals surface area contributed by atoms with Crippen molar-refractivity contribution in [2.75, 3.05) is 0 Å². The molecule has 0 aliphatic rings. The van der Waals surface area contributed by atoms with Crippen LogP contribution in [0.4, 0.5) is 0 Å². The number of nitriles is 1. The highest BCUT2D eigenvalue weighted by Gasteiger charge is 2.39. The third-order valence-electron chi connectivity index (χ3n) is 3.60. The van der Waals surface area contributed by atoms with E-state index in [2.05, 4.69) is 5.32 Å². The van der Waals surface area contributed by atoms with Crippen molar-refractivity contribution in [3.05, 3.63) is 35.4 Å². The maximum Gasteiger partial charge on any atom is 0.252 e. The van der Waals surface area contributed by atoms with Gasteiger partial charge in [-0.05, 0) is 36.6 Å². The van der Waals surface area contributed by atoms with Crippen molar-refractivity contribution in [1.82, 2.24) is 5.32 Å². The maximum absolute atomic E-state index is 12.2. The fourth-order valence-electron chi connectivity index (χ4n) is 2.13. The average molecular weight is 273 g/mol. The van der Waals surface area contributed by atoms with Gasteiger partial charge in [0.25, 0.3) is 5.91 Å². The molecule has 0 aliphatic heterocycles. The van der Waals surface area contributed by atoms with Gasteiger partial charge in [0, 0.05) is 5.56 Å². The number of nitrogens with one attached hydrogen (secondary N) is 1. The Labute approximate surface area is 118 Å². The lowest BCUT2D eigenvalue weighted by molar-refractivity contribution is -0.126. The third-order valence-corrected chi connectivity index (χ3v) is 3.60. The first-order valence-corrected chi connectivity index (χ1v) is 6.50. The second-order valence-corrected chi connectivity index (χ2v) is 4.99. The van der Waals surface area contributed by atoms with Crippen molar-refractivity contribution in [2.45, 2.75) is 32.7 Å². The zero-order chi connectivity index (χ0) is 15.3. The highest BCUT2D eigenvalue weighted by molar-refractivity contribution is 5.99. The smallest absolute Gasteiger partial charge is 0.252 e. The van der Waals surface area contributed by atoms with Crippen LogP contribution in [0.2, 0.25) is 0 Å². The van der Waals surface area contributed by atoms with E-state index in [9.17, 15) is 9.59 Å². The van der Waals surface area contributed by atoms with Crippen LogP contribution in [0, 0.1) is 17.2 Å². The highest BCUT2D eigenvalue weighted by Crippen LogP contribution is 2.21. The molecule has 0 saturated heterocycles. The lowest BCUT2D eigenvalue weighted by Gasteiger charge is -2.34. The molecule has 1 aromatic carbocycles. The fourth-order valence-corrected chi connectivity index (χ4v) is 2.13. The molecule has 0 fully saturated rings. The topological polar surface area (TPSA) is 96.0 Å². The average Bonchev–Trinajstić information content (AvgIpc) is 2.43. The van der Waals surface area contributed by atoms with E-state index in [1.807, 2.05) is 26.8 Å². The van der Waals surface area contributed by atoms with E-state index in [1.165, 1.54) is 0 Å². The van der Waals surface area contributed by atoms with Crippen LogP contribution in [0.25, 0.3) is 0 Å². The molecule has 5 nitrogen and oxygen atoms in total. The summed E-state index contributed by atoms with van der Waals surface area (Å²) < 4.78 is 0. The van der Waals surface area contributed by atoms with Crippen molar-refractivity contribution >= 4 is 11.8 Å². The van der Waals surface area contributed by atoms with Gasteiger partial charge in [0.1, 0.15) is 5.54 Å². The molecule has 0 radical (unpaired) electrons. The molecule has 0 aliphatic carbocycles. The van der Waals surface area contributed by atoms with Gasteiger partial charge in [-0.15, -0.1) is 0 Å². The summed E-state index contributed by atoms with van der Waals surface area (Å²) in [6, 6.07) is 8.20. The first-order valence-electron chi connectivity index (χ1n) is 6.50. The number of nitrogens with two attached hydrogens (primary N) is 1. The summed E-state index contributed by atoms with van der Waals surface area (Å²) >= 11 is 0. The van der Waals surface area contributed by atoms with E-state index in [4.69, 9.17) is 11.0 Å². The summed E-state index contributed by atoms with van der Waals surface area (Å²) in [5, 5.41) is 11.5. The Morgan fingerprint density at radius 1 is 1.35 bits per heavy atom. The first-order chi connectivity index (χ1) is 9.37. The zero-order valence-corrected chi connectivity index (χ0v) is 11.9. The van der Waals surface area contributed by atoms with Crippen LogP contribution in [-0.2, 0) is 4.79 Å². The van der Waals surface area contributed by atoms with Gasteiger partial charge in [0.2, 0.25) is 5.91 Å². The van der Waals surface area contributed by atoms with E-state index in [-0.39, 0.29) is 11.8 Å². The van der Waals surface area contributed by atoms with E-state index in [1.54, 1.807) is 24.3 Å². The van der Waals surface area contributed by atoms with Gasteiger partial charge in [-0.25, -0.2) is 0 Å². The minimum Gasteiger partial charge on any atom is -0.368 e. The quantitative estimate of drug-likeness (QED) is 0.852. The molecule has 0 aromatic heterocycles. The van der Waals surface area contributed by atoms with Crippen LogP contribution in [0.3, 0.4) is 0 Å². The van der Waals surface area contributed by atoms with Crippen LogP contribution in [-0.4, -0.2) is 17.4 Å².